The third-order valence-electron chi connectivity index (χ3n) is 3.96. The van der Waals surface area contributed by atoms with Gasteiger partial charge in [0.2, 0.25) is 0 Å². The fraction of sp³-hybridized carbons (Fsp3) is 0.400. The van der Waals surface area contributed by atoms with Gasteiger partial charge in [0, 0.05) is 37.1 Å². The van der Waals surface area contributed by atoms with E-state index < -0.39 is 0 Å². The molecule has 0 saturated heterocycles. The molecule has 2 N–H and O–H groups in total. The molecular formula is C20H28N4O2S. The van der Waals surface area contributed by atoms with Crippen LogP contribution in [0.5, 0.6) is 5.75 Å². The topological polar surface area (TPSA) is 66.0 Å². The summed E-state index contributed by atoms with van der Waals surface area (Å²) < 4.78 is 5.15. The molecule has 1 amide bonds. The number of nitrogens with zero attached hydrogens (tertiary/aromatic N) is 2. The van der Waals surface area contributed by atoms with E-state index >= 15 is 0 Å². The van der Waals surface area contributed by atoms with Crippen molar-refractivity contribution in [3.63, 3.8) is 0 Å². The van der Waals surface area contributed by atoms with E-state index in [0.29, 0.717) is 24.4 Å². The summed E-state index contributed by atoms with van der Waals surface area (Å²) in [5.41, 5.74) is 0.582. The fourth-order valence-electron chi connectivity index (χ4n) is 2.51. The van der Waals surface area contributed by atoms with Crippen molar-refractivity contribution in [1.29, 1.82) is 0 Å². The van der Waals surface area contributed by atoms with Crippen molar-refractivity contribution >= 4 is 23.2 Å². The first-order valence-electron chi connectivity index (χ1n) is 9.08. The normalized spacial score (nSPS) is 11.1. The highest BCUT2D eigenvalue weighted by Gasteiger charge is 2.08. The van der Waals surface area contributed by atoms with Gasteiger partial charge in [-0.15, -0.1) is 11.3 Å². The number of carbonyl (C=O) groups is 1. The molecule has 146 valence electrons. The van der Waals surface area contributed by atoms with Crippen molar-refractivity contribution in [2.75, 3.05) is 40.3 Å². The maximum Gasteiger partial charge on any atom is 0.251 e. The van der Waals surface area contributed by atoms with Crippen molar-refractivity contribution < 1.29 is 9.53 Å². The number of ether oxygens (including phenoxy) is 1. The van der Waals surface area contributed by atoms with Gasteiger partial charge >= 0.3 is 0 Å². The highest BCUT2D eigenvalue weighted by atomic mass is 32.1. The Hall–Kier alpha value is -2.54. The number of likely N-dealkylation sites (N-methyl/N-ethyl adjacent to an activating group) is 1. The lowest BCUT2D eigenvalue weighted by Gasteiger charge is -2.21. The quantitative estimate of drug-likeness (QED) is 0.394. The predicted molar refractivity (Wildman–Crippen MR) is 112 cm³/mol. The lowest BCUT2D eigenvalue weighted by molar-refractivity contribution is 0.0954. The zero-order chi connectivity index (χ0) is 19.5. The van der Waals surface area contributed by atoms with Crippen molar-refractivity contribution in [2.45, 2.75) is 13.3 Å². The van der Waals surface area contributed by atoms with E-state index in [0.717, 1.165) is 25.5 Å². The summed E-state index contributed by atoms with van der Waals surface area (Å²) in [5.74, 6) is 1.40. The molecule has 1 heterocycles. The van der Waals surface area contributed by atoms with Gasteiger partial charge in [0.05, 0.1) is 13.7 Å². The number of benzene rings is 1. The van der Waals surface area contributed by atoms with Gasteiger partial charge in [0.1, 0.15) is 5.75 Å². The second kappa shape index (κ2) is 11.2. The maximum atomic E-state index is 12.2. The van der Waals surface area contributed by atoms with Gasteiger partial charge in [-0.1, -0.05) is 12.1 Å². The van der Waals surface area contributed by atoms with Crippen molar-refractivity contribution in [3.8, 4) is 5.75 Å². The standard InChI is InChI=1S/C20H28N4O2S/c1-4-21-20(24(2)13-10-18-9-6-14-27-18)23-12-11-22-19(25)16-7-5-8-17(15-16)26-3/h5-9,14-15H,4,10-13H2,1-3H3,(H,21,23)(H,22,25). The zero-order valence-corrected chi connectivity index (χ0v) is 17.0. The minimum absolute atomic E-state index is 0.125. The number of thiophene rings is 1. The van der Waals surface area contributed by atoms with E-state index in [9.17, 15) is 4.79 Å². The molecule has 27 heavy (non-hydrogen) atoms. The van der Waals surface area contributed by atoms with Crippen molar-refractivity contribution in [3.05, 3.63) is 52.2 Å². The molecule has 2 aromatic rings. The van der Waals surface area contributed by atoms with E-state index in [4.69, 9.17) is 4.74 Å². The van der Waals surface area contributed by atoms with E-state index in [1.54, 1.807) is 36.6 Å². The molecule has 2 rings (SSSR count). The summed E-state index contributed by atoms with van der Waals surface area (Å²) in [6.07, 6.45) is 0.991. The molecule has 0 saturated carbocycles. The third kappa shape index (κ3) is 6.94. The SMILES string of the molecule is CCNC(=NCCNC(=O)c1cccc(OC)c1)N(C)CCc1cccs1. The van der Waals surface area contributed by atoms with Gasteiger partial charge in [-0.25, -0.2) is 0 Å². The average molecular weight is 389 g/mol. The number of amides is 1. The van der Waals surface area contributed by atoms with E-state index in [2.05, 4.69) is 38.0 Å². The minimum atomic E-state index is -0.125. The molecule has 1 aromatic heterocycles. The molecule has 0 aliphatic heterocycles. The monoisotopic (exact) mass is 388 g/mol. The van der Waals surface area contributed by atoms with Crippen LogP contribution in [0.1, 0.15) is 22.2 Å². The van der Waals surface area contributed by atoms with Crippen molar-refractivity contribution in [1.82, 2.24) is 15.5 Å². The van der Waals surface area contributed by atoms with Crippen LogP contribution in [-0.2, 0) is 6.42 Å². The molecule has 1 aromatic carbocycles. The Bertz CT molecular complexity index is 731. The van der Waals surface area contributed by atoms with Gasteiger partial charge in [-0.2, -0.15) is 0 Å². The average Bonchev–Trinajstić information content (AvgIpc) is 3.22. The molecule has 7 heteroatoms. The second-order valence-electron chi connectivity index (χ2n) is 5.97. The van der Waals surface area contributed by atoms with Crippen LogP contribution in [-0.4, -0.2) is 57.1 Å². The predicted octanol–water partition coefficient (Wildman–Crippen LogP) is 2.63. The van der Waals surface area contributed by atoms with Gasteiger partial charge < -0.3 is 20.3 Å². The van der Waals surface area contributed by atoms with Crippen LogP contribution in [0.25, 0.3) is 0 Å². The Balaban J connectivity index is 1.82. The molecule has 0 bridgehead atoms. The Labute approximate surface area is 165 Å². The first-order chi connectivity index (χ1) is 13.1. The van der Waals surface area contributed by atoms with Crippen LogP contribution in [0, 0.1) is 0 Å². The number of aliphatic imine (C=N–C) groups is 1. The first-order valence-corrected chi connectivity index (χ1v) is 9.96. The molecule has 0 unspecified atom stereocenters. The number of rotatable bonds is 9. The summed E-state index contributed by atoms with van der Waals surface area (Å²) in [7, 11) is 3.62. The Morgan fingerprint density at radius 3 is 2.81 bits per heavy atom. The fourth-order valence-corrected chi connectivity index (χ4v) is 3.20. The van der Waals surface area contributed by atoms with Crippen LogP contribution >= 0.6 is 11.3 Å². The molecule has 0 atom stereocenters. The number of hydrogen-bond acceptors (Lipinski definition) is 4. The number of methoxy groups -OCH3 is 1. The molecule has 0 radical (unpaired) electrons. The summed E-state index contributed by atoms with van der Waals surface area (Å²) in [5, 5.41) is 8.29. The number of guanidine groups is 1. The van der Waals surface area contributed by atoms with Crippen molar-refractivity contribution in [2.24, 2.45) is 4.99 Å². The smallest absolute Gasteiger partial charge is 0.251 e. The molecule has 0 aliphatic rings. The number of hydrogen-bond donors (Lipinski definition) is 2. The zero-order valence-electron chi connectivity index (χ0n) is 16.2. The summed E-state index contributed by atoms with van der Waals surface area (Å²) >= 11 is 1.77. The van der Waals surface area contributed by atoms with Crippen LogP contribution < -0.4 is 15.4 Å². The summed E-state index contributed by atoms with van der Waals surface area (Å²) in [4.78, 5) is 20.3. The first kappa shape index (κ1) is 20.8. The second-order valence-corrected chi connectivity index (χ2v) is 7.01. The molecule has 6 nitrogen and oxygen atoms in total. The molecule has 0 fully saturated rings. The van der Waals surface area contributed by atoms with Gasteiger partial charge in [0.15, 0.2) is 5.96 Å². The number of carbonyl (C=O) groups excluding carboxylic acids is 1. The molecule has 0 spiro atoms. The van der Waals surface area contributed by atoms with Gasteiger partial charge in [-0.3, -0.25) is 9.79 Å². The molecular weight excluding hydrogens is 360 g/mol. The van der Waals surface area contributed by atoms with Gasteiger partial charge in [0.25, 0.3) is 5.91 Å². The van der Waals surface area contributed by atoms with Crippen LogP contribution in [0.4, 0.5) is 0 Å². The van der Waals surface area contributed by atoms with Crippen LogP contribution in [0.15, 0.2) is 46.8 Å². The summed E-state index contributed by atoms with van der Waals surface area (Å²) in [6, 6.07) is 11.3. The van der Waals surface area contributed by atoms with E-state index in [1.165, 1.54) is 4.88 Å². The maximum absolute atomic E-state index is 12.2. The van der Waals surface area contributed by atoms with Crippen LogP contribution in [0.2, 0.25) is 0 Å². The Morgan fingerprint density at radius 1 is 1.26 bits per heavy atom. The highest BCUT2D eigenvalue weighted by Crippen LogP contribution is 2.12. The highest BCUT2D eigenvalue weighted by molar-refractivity contribution is 7.09. The van der Waals surface area contributed by atoms with E-state index in [-0.39, 0.29) is 5.91 Å². The Morgan fingerprint density at radius 2 is 2.11 bits per heavy atom. The van der Waals surface area contributed by atoms with E-state index in [1.807, 2.05) is 20.0 Å². The Kier molecular flexibility index (Phi) is 8.64. The molecule has 0 aliphatic carbocycles. The number of nitrogens with one attached hydrogen (secondary N) is 2. The lowest BCUT2D eigenvalue weighted by Crippen LogP contribution is -2.40. The third-order valence-corrected chi connectivity index (χ3v) is 4.90. The lowest BCUT2D eigenvalue weighted by atomic mass is 10.2. The summed E-state index contributed by atoms with van der Waals surface area (Å²) in [6.45, 7) is 4.74. The minimum Gasteiger partial charge on any atom is -0.497 e. The van der Waals surface area contributed by atoms with Crippen LogP contribution in [0.3, 0.4) is 0 Å². The largest absolute Gasteiger partial charge is 0.497 e. The van der Waals surface area contributed by atoms with Gasteiger partial charge in [-0.05, 0) is 43.0 Å².